The van der Waals surface area contributed by atoms with Crippen molar-refractivity contribution in [2.75, 3.05) is 0 Å². The Bertz CT molecular complexity index is 822. The molecule has 0 radical (unpaired) electrons. The highest BCUT2D eigenvalue weighted by Gasteiger charge is 2.59. The molecule has 0 bridgehead atoms. The van der Waals surface area contributed by atoms with E-state index in [2.05, 4.69) is 10.1 Å². The Morgan fingerprint density at radius 3 is 2.65 bits per heavy atom. The molecule has 1 fully saturated rings. The van der Waals surface area contributed by atoms with Gasteiger partial charge in [0.15, 0.2) is 0 Å². The lowest BCUT2D eigenvalue weighted by Crippen LogP contribution is -2.19. The van der Waals surface area contributed by atoms with E-state index >= 15 is 0 Å². The largest absolute Gasteiger partial charge is 0.354 e. The molecule has 1 aromatic heterocycles. The molecule has 4 nitrogen and oxygen atoms in total. The summed E-state index contributed by atoms with van der Waals surface area (Å²) in [6.07, 6.45) is 2.91. The summed E-state index contributed by atoms with van der Waals surface area (Å²) in [5.41, 5.74) is 1.18. The minimum absolute atomic E-state index is 0.203. The Morgan fingerprint density at radius 1 is 1.17 bits per heavy atom. The van der Waals surface area contributed by atoms with Crippen molar-refractivity contribution in [3.8, 4) is 0 Å². The predicted octanol–water partition coefficient (Wildman–Crippen LogP) is 3.74. The zero-order valence-corrected chi connectivity index (χ0v) is 12.8. The third-order valence-corrected chi connectivity index (χ3v) is 4.42. The van der Waals surface area contributed by atoms with Gasteiger partial charge in [-0.25, -0.2) is 14.1 Å². The third kappa shape index (κ3) is 2.52. The number of epoxide rings is 1. The maximum absolute atomic E-state index is 13.3. The lowest BCUT2D eigenvalue weighted by Gasteiger charge is -2.14. The molecule has 2 heterocycles. The van der Waals surface area contributed by atoms with E-state index in [9.17, 15) is 4.39 Å². The summed E-state index contributed by atoms with van der Waals surface area (Å²) < 4.78 is 21.1. The smallest absolute Gasteiger partial charge is 0.144 e. The van der Waals surface area contributed by atoms with Gasteiger partial charge in [0, 0.05) is 10.6 Å². The number of halogens is 2. The fourth-order valence-corrected chi connectivity index (χ4v) is 3.13. The van der Waals surface area contributed by atoms with Crippen LogP contribution in [0, 0.1) is 5.82 Å². The summed E-state index contributed by atoms with van der Waals surface area (Å²) in [4.78, 5) is 3.97. The molecule has 116 valence electrons. The van der Waals surface area contributed by atoms with Crippen LogP contribution in [0.15, 0.2) is 61.2 Å². The summed E-state index contributed by atoms with van der Waals surface area (Å²) in [6, 6.07) is 13.9. The average Bonchev–Trinajstić information content (AvgIpc) is 3.02. The number of benzene rings is 2. The number of hydrogen-bond donors (Lipinski definition) is 0. The van der Waals surface area contributed by atoms with Crippen LogP contribution in [0.5, 0.6) is 0 Å². The summed E-state index contributed by atoms with van der Waals surface area (Å²) in [7, 11) is 0. The molecule has 0 N–H and O–H groups in total. The van der Waals surface area contributed by atoms with Crippen molar-refractivity contribution in [3.63, 3.8) is 0 Å². The van der Waals surface area contributed by atoms with Crippen LogP contribution in [0.2, 0.25) is 5.02 Å². The number of aromatic nitrogens is 3. The van der Waals surface area contributed by atoms with Crippen LogP contribution >= 0.6 is 11.6 Å². The minimum atomic E-state index is -0.619. The monoisotopic (exact) mass is 331 g/mol. The average molecular weight is 332 g/mol. The van der Waals surface area contributed by atoms with Crippen molar-refractivity contribution in [2.24, 2.45) is 0 Å². The van der Waals surface area contributed by atoms with Crippen LogP contribution in [0.4, 0.5) is 4.39 Å². The summed E-state index contributed by atoms with van der Waals surface area (Å²) in [5, 5.41) is 4.81. The Balaban J connectivity index is 1.74. The van der Waals surface area contributed by atoms with Gasteiger partial charge in [-0.2, -0.15) is 5.10 Å². The lowest BCUT2D eigenvalue weighted by molar-refractivity contribution is 0.262. The van der Waals surface area contributed by atoms with E-state index in [1.807, 2.05) is 24.3 Å². The SMILES string of the molecule is Fc1ccc([14C@@]2(Cn3cncn3)O[C@@H]2c2ccccc2Cl)cc1. The molecular formula is C17H13ClFN3O. The third-order valence-electron chi connectivity index (χ3n) is 4.08. The first-order chi connectivity index (χ1) is 11.2. The molecule has 6 heteroatoms. The molecule has 1 aliphatic heterocycles. The second-order valence-electron chi connectivity index (χ2n) is 5.51. The highest BCUT2D eigenvalue weighted by Crippen LogP contribution is 2.59. The first kappa shape index (κ1) is 14.4. The van der Waals surface area contributed by atoms with E-state index in [1.165, 1.54) is 18.5 Å². The molecule has 2 atom stereocenters. The normalized spacial score (nSPS) is 23.0. The molecule has 0 amide bonds. The Kier molecular flexibility index (Phi) is 3.39. The van der Waals surface area contributed by atoms with E-state index in [4.69, 9.17) is 16.3 Å². The Hall–Kier alpha value is -2.24. The highest BCUT2D eigenvalue weighted by molar-refractivity contribution is 6.31. The van der Waals surface area contributed by atoms with Crippen molar-refractivity contribution < 1.29 is 9.13 Å². The van der Waals surface area contributed by atoms with Crippen LogP contribution in [-0.2, 0) is 16.9 Å². The standard InChI is InChI=1S/C17H13ClFN3O/c18-15-4-2-1-3-14(15)16-17(23-16,9-22-11-20-10-21-22)12-5-7-13(19)8-6-12/h1-8,10-11,16H,9H2/t16-,17-/m1/s1/i17+2. The van der Waals surface area contributed by atoms with Crippen LogP contribution in [-0.4, -0.2) is 14.8 Å². The molecule has 0 spiro atoms. The fraction of sp³-hybridized carbons (Fsp3) is 0.176. The second kappa shape index (κ2) is 5.44. The van der Waals surface area contributed by atoms with Gasteiger partial charge in [-0.05, 0) is 23.8 Å². The summed E-state index contributed by atoms with van der Waals surface area (Å²) in [6.45, 7) is 0.481. The van der Waals surface area contributed by atoms with Gasteiger partial charge in [0.05, 0.1) is 6.54 Å². The van der Waals surface area contributed by atoms with Crippen molar-refractivity contribution >= 4 is 11.6 Å². The van der Waals surface area contributed by atoms with Gasteiger partial charge in [-0.1, -0.05) is 41.9 Å². The molecule has 0 unspecified atom stereocenters. The van der Waals surface area contributed by atoms with Crippen molar-refractivity contribution in [2.45, 2.75) is 18.2 Å². The molecule has 0 aliphatic carbocycles. The molecule has 2 aromatic carbocycles. The van der Waals surface area contributed by atoms with E-state index in [0.29, 0.717) is 11.6 Å². The first-order valence-corrected chi connectivity index (χ1v) is 7.57. The number of ether oxygens (including phenoxy) is 1. The summed E-state index contributed by atoms with van der Waals surface area (Å²) in [5.74, 6) is -0.278. The van der Waals surface area contributed by atoms with Gasteiger partial charge >= 0.3 is 0 Å². The van der Waals surface area contributed by atoms with Crippen molar-refractivity contribution in [3.05, 3.63) is 83.2 Å². The number of nitrogens with zero attached hydrogens (tertiary/aromatic N) is 3. The van der Waals surface area contributed by atoms with Gasteiger partial charge in [0.25, 0.3) is 0 Å². The van der Waals surface area contributed by atoms with Gasteiger partial charge in [-0.15, -0.1) is 0 Å². The molecule has 23 heavy (non-hydrogen) atoms. The maximum Gasteiger partial charge on any atom is 0.144 e. The zero-order chi connectivity index (χ0) is 15.9. The number of rotatable bonds is 4. The fourth-order valence-electron chi connectivity index (χ4n) is 2.90. The molecule has 1 aliphatic rings. The first-order valence-electron chi connectivity index (χ1n) is 7.20. The maximum atomic E-state index is 13.3. The highest BCUT2D eigenvalue weighted by atomic mass is 35.5. The van der Waals surface area contributed by atoms with Crippen molar-refractivity contribution in [1.29, 1.82) is 0 Å². The molecule has 4 rings (SSSR count). The van der Waals surface area contributed by atoms with Crippen LogP contribution in [0.25, 0.3) is 0 Å². The van der Waals surface area contributed by atoms with Crippen LogP contribution in [0.1, 0.15) is 17.2 Å². The minimum Gasteiger partial charge on any atom is -0.354 e. The topological polar surface area (TPSA) is 43.2 Å². The molecule has 3 aromatic rings. The Morgan fingerprint density at radius 2 is 1.96 bits per heavy atom. The van der Waals surface area contributed by atoms with Gasteiger partial charge < -0.3 is 4.74 Å². The van der Waals surface area contributed by atoms with Gasteiger partial charge in [0.2, 0.25) is 0 Å². The van der Waals surface area contributed by atoms with Gasteiger partial charge in [-0.3, -0.25) is 0 Å². The molecular weight excluding hydrogens is 319 g/mol. The lowest BCUT2D eigenvalue weighted by atomic mass is 10.2. The van der Waals surface area contributed by atoms with E-state index in [1.54, 1.807) is 23.1 Å². The number of hydrogen-bond acceptors (Lipinski definition) is 3. The quantitative estimate of drug-likeness (QED) is 0.684. The van der Waals surface area contributed by atoms with Gasteiger partial charge in [0.1, 0.15) is 30.2 Å². The van der Waals surface area contributed by atoms with E-state index in [0.717, 1.165) is 11.1 Å². The van der Waals surface area contributed by atoms with Crippen LogP contribution in [0.3, 0.4) is 0 Å². The summed E-state index contributed by atoms with van der Waals surface area (Å²) >= 11 is 6.31. The molecule has 0 saturated carbocycles. The van der Waals surface area contributed by atoms with Crippen molar-refractivity contribution in [1.82, 2.24) is 14.8 Å². The van der Waals surface area contributed by atoms with Crippen LogP contribution < -0.4 is 0 Å². The van der Waals surface area contributed by atoms with E-state index < -0.39 is 5.60 Å². The van der Waals surface area contributed by atoms with E-state index in [-0.39, 0.29) is 11.9 Å². The second-order valence-corrected chi connectivity index (χ2v) is 5.92. The zero-order valence-electron chi connectivity index (χ0n) is 12.1. The predicted molar refractivity (Wildman–Crippen MR) is 83.4 cm³/mol. The molecule has 1 saturated heterocycles. The Labute approximate surface area is 137 Å².